The van der Waals surface area contributed by atoms with Gasteiger partial charge >= 0.3 is 0 Å². The van der Waals surface area contributed by atoms with Gasteiger partial charge in [-0.1, -0.05) is 17.7 Å². The summed E-state index contributed by atoms with van der Waals surface area (Å²) in [6.45, 7) is 2.84. The molecular formula is C25H24ClN5O3. The van der Waals surface area contributed by atoms with Gasteiger partial charge < -0.3 is 20.3 Å². The Kier molecular flexibility index (Phi) is 6.85. The van der Waals surface area contributed by atoms with E-state index in [4.69, 9.17) is 16.3 Å². The molecule has 1 fully saturated rings. The minimum atomic E-state index is -0.181. The Morgan fingerprint density at radius 1 is 1.29 bits per heavy atom. The molecule has 1 saturated heterocycles. The van der Waals surface area contributed by atoms with Gasteiger partial charge in [-0.3, -0.25) is 14.6 Å². The quantitative estimate of drug-likeness (QED) is 0.560. The molecule has 9 heteroatoms. The molecule has 1 aliphatic heterocycles. The predicted molar refractivity (Wildman–Crippen MR) is 130 cm³/mol. The van der Waals surface area contributed by atoms with Crippen LogP contribution < -0.4 is 15.4 Å². The van der Waals surface area contributed by atoms with Gasteiger partial charge in [0.25, 0.3) is 5.91 Å². The van der Waals surface area contributed by atoms with E-state index in [0.29, 0.717) is 64.5 Å². The topological polar surface area (TPSA) is 107 Å². The van der Waals surface area contributed by atoms with Crippen LogP contribution in [0.3, 0.4) is 0 Å². The Bertz CT molecular complexity index is 1300. The van der Waals surface area contributed by atoms with Crippen molar-refractivity contribution in [1.82, 2.24) is 15.2 Å². The normalized spacial score (nSPS) is 15.1. The average molecular weight is 478 g/mol. The molecule has 174 valence electrons. The molecule has 1 unspecified atom stereocenters. The fourth-order valence-electron chi connectivity index (χ4n) is 4.15. The van der Waals surface area contributed by atoms with Crippen LogP contribution in [0, 0.1) is 11.3 Å². The van der Waals surface area contributed by atoms with E-state index in [1.165, 1.54) is 6.92 Å². The molecule has 4 rings (SSSR count). The van der Waals surface area contributed by atoms with Crippen LogP contribution in [0.25, 0.3) is 10.9 Å². The summed E-state index contributed by atoms with van der Waals surface area (Å²) in [5, 5.41) is 16.8. The molecule has 34 heavy (non-hydrogen) atoms. The summed E-state index contributed by atoms with van der Waals surface area (Å²) >= 11 is 6.27. The van der Waals surface area contributed by atoms with Gasteiger partial charge in [-0.25, -0.2) is 0 Å². The first kappa shape index (κ1) is 23.3. The summed E-state index contributed by atoms with van der Waals surface area (Å²) in [6.07, 6.45) is 2.25. The van der Waals surface area contributed by atoms with Gasteiger partial charge in [0.2, 0.25) is 5.91 Å². The van der Waals surface area contributed by atoms with Gasteiger partial charge in [-0.05, 0) is 42.3 Å². The van der Waals surface area contributed by atoms with Gasteiger partial charge in [0.15, 0.2) is 0 Å². The maximum absolute atomic E-state index is 13.5. The monoisotopic (exact) mass is 477 g/mol. The maximum Gasteiger partial charge on any atom is 0.257 e. The lowest BCUT2D eigenvalue weighted by Crippen LogP contribution is -2.37. The minimum Gasteiger partial charge on any atom is -0.495 e. The van der Waals surface area contributed by atoms with Crippen LogP contribution in [0.4, 0.5) is 5.69 Å². The number of pyridine rings is 1. The van der Waals surface area contributed by atoms with E-state index in [-0.39, 0.29) is 17.9 Å². The third-order valence-corrected chi connectivity index (χ3v) is 6.09. The van der Waals surface area contributed by atoms with Crippen molar-refractivity contribution in [2.45, 2.75) is 25.9 Å². The molecule has 0 aliphatic carbocycles. The third-order valence-electron chi connectivity index (χ3n) is 5.80. The molecule has 2 amide bonds. The van der Waals surface area contributed by atoms with Crippen molar-refractivity contribution in [3.63, 3.8) is 0 Å². The number of carbonyl (C=O) groups is 2. The predicted octanol–water partition coefficient (Wildman–Crippen LogP) is 3.73. The smallest absolute Gasteiger partial charge is 0.257 e. The second kappa shape index (κ2) is 9.98. The number of nitriles is 1. The number of nitrogens with zero attached hydrogens (tertiary/aromatic N) is 3. The first-order valence-corrected chi connectivity index (χ1v) is 11.2. The number of halogens is 1. The molecule has 3 aromatic rings. The van der Waals surface area contributed by atoms with Crippen LogP contribution in [0.15, 0.2) is 42.6 Å². The van der Waals surface area contributed by atoms with Gasteiger partial charge in [-0.15, -0.1) is 0 Å². The number of rotatable bonds is 6. The summed E-state index contributed by atoms with van der Waals surface area (Å²) in [4.78, 5) is 31.1. The van der Waals surface area contributed by atoms with Gasteiger partial charge in [0.05, 0.1) is 40.5 Å². The summed E-state index contributed by atoms with van der Waals surface area (Å²) in [7, 11) is 1.56. The van der Waals surface area contributed by atoms with Crippen molar-refractivity contribution in [2.24, 2.45) is 0 Å². The molecule has 2 aromatic carbocycles. The highest BCUT2D eigenvalue weighted by atomic mass is 35.5. The lowest BCUT2D eigenvalue weighted by atomic mass is 10.1. The van der Waals surface area contributed by atoms with Crippen LogP contribution in [0.1, 0.15) is 34.8 Å². The van der Waals surface area contributed by atoms with Crippen LogP contribution in [0.2, 0.25) is 5.02 Å². The second-order valence-corrected chi connectivity index (χ2v) is 8.56. The summed E-state index contributed by atoms with van der Waals surface area (Å²) in [6, 6.07) is 12.7. The number of methoxy groups -OCH3 is 1. The zero-order valence-electron chi connectivity index (χ0n) is 18.9. The van der Waals surface area contributed by atoms with Crippen molar-refractivity contribution in [3.8, 4) is 11.8 Å². The van der Waals surface area contributed by atoms with E-state index in [2.05, 4.69) is 21.7 Å². The van der Waals surface area contributed by atoms with Crippen LogP contribution >= 0.6 is 11.6 Å². The van der Waals surface area contributed by atoms with E-state index in [9.17, 15) is 14.9 Å². The molecule has 0 bridgehead atoms. The highest BCUT2D eigenvalue weighted by Gasteiger charge is 2.29. The fraction of sp³-hybridized carbons (Fsp3) is 0.280. The number of amides is 2. The zero-order chi connectivity index (χ0) is 24.2. The second-order valence-electron chi connectivity index (χ2n) is 8.15. The maximum atomic E-state index is 13.5. The largest absolute Gasteiger partial charge is 0.495 e. The average Bonchev–Trinajstić information content (AvgIpc) is 3.29. The van der Waals surface area contributed by atoms with E-state index >= 15 is 0 Å². The lowest BCUT2D eigenvalue weighted by molar-refractivity contribution is -0.119. The molecule has 1 aromatic heterocycles. The van der Waals surface area contributed by atoms with Crippen molar-refractivity contribution in [1.29, 1.82) is 5.26 Å². The van der Waals surface area contributed by atoms with Crippen molar-refractivity contribution < 1.29 is 14.3 Å². The molecule has 2 heterocycles. The highest BCUT2D eigenvalue weighted by molar-refractivity contribution is 6.32. The highest BCUT2D eigenvalue weighted by Crippen LogP contribution is 2.30. The zero-order valence-corrected chi connectivity index (χ0v) is 19.6. The Morgan fingerprint density at radius 3 is 2.82 bits per heavy atom. The van der Waals surface area contributed by atoms with Crippen LogP contribution in [-0.4, -0.2) is 47.9 Å². The SMILES string of the molecule is COc1ccc(CNc2c(C(=O)N3CCC(NC(C)=O)C3)cnc3ccc(C#N)cc23)cc1Cl. The number of hydrogen-bond acceptors (Lipinski definition) is 6. The van der Waals surface area contributed by atoms with E-state index in [1.807, 2.05) is 6.07 Å². The number of hydrogen-bond donors (Lipinski definition) is 2. The summed E-state index contributed by atoms with van der Waals surface area (Å²) in [5.74, 6) is 0.285. The van der Waals surface area contributed by atoms with Crippen molar-refractivity contribution in [3.05, 3.63) is 64.3 Å². The first-order chi connectivity index (χ1) is 16.4. The Labute approximate surface area is 202 Å². The molecule has 8 nitrogen and oxygen atoms in total. The van der Waals surface area contributed by atoms with E-state index in [0.717, 1.165) is 5.56 Å². The standard InChI is InChI=1S/C25H24ClN5O3/c1-15(32)30-18-7-8-31(14-18)25(33)20-13-28-22-5-3-16(11-27)9-19(22)24(20)29-12-17-4-6-23(34-2)21(26)10-17/h3-6,9-10,13,18H,7-8,12,14H2,1-2H3,(H,28,29)(H,30,32). The number of likely N-dealkylation sites (tertiary alicyclic amines) is 1. The molecule has 1 aliphatic rings. The molecule has 0 radical (unpaired) electrons. The van der Waals surface area contributed by atoms with Crippen molar-refractivity contribution in [2.75, 3.05) is 25.5 Å². The first-order valence-electron chi connectivity index (χ1n) is 10.8. The Hall–Kier alpha value is -3.83. The number of benzene rings is 2. The lowest BCUT2D eigenvalue weighted by Gasteiger charge is -2.20. The Morgan fingerprint density at radius 2 is 2.12 bits per heavy atom. The molecular weight excluding hydrogens is 454 g/mol. The van der Waals surface area contributed by atoms with Gasteiger partial charge in [0, 0.05) is 44.2 Å². The molecule has 0 saturated carbocycles. The summed E-state index contributed by atoms with van der Waals surface area (Å²) < 4.78 is 5.22. The number of aromatic nitrogens is 1. The van der Waals surface area contributed by atoms with E-state index in [1.54, 1.807) is 48.5 Å². The minimum absolute atomic E-state index is 0.0714. The van der Waals surface area contributed by atoms with Crippen LogP contribution in [-0.2, 0) is 11.3 Å². The summed E-state index contributed by atoms with van der Waals surface area (Å²) in [5.41, 5.74) is 3.05. The molecule has 2 N–H and O–H groups in total. The Balaban J connectivity index is 1.68. The number of fused-ring (bicyclic) bond motifs is 1. The third kappa shape index (κ3) is 4.90. The molecule has 0 spiro atoms. The number of anilines is 1. The van der Waals surface area contributed by atoms with Crippen molar-refractivity contribution >= 4 is 40.0 Å². The number of ether oxygens (including phenoxy) is 1. The number of carbonyl (C=O) groups excluding carboxylic acids is 2. The van der Waals surface area contributed by atoms with Gasteiger partial charge in [-0.2, -0.15) is 5.26 Å². The number of nitrogens with one attached hydrogen (secondary N) is 2. The molecule has 1 atom stereocenters. The van der Waals surface area contributed by atoms with Crippen LogP contribution in [0.5, 0.6) is 5.75 Å². The van der Waals surface area contributed by atoms with Gasteiger partial charge in [0.1, 0.15) is 5.75 Å². The fourth-order valence-corrected chi connectivity index (χ4v) is 4.43. The van der Waals surface area contributed by atoms with E-state index < -0.39 is 0 Å².